The summed E-state index contributed by atoms with van der Waals surface area (Å²) < 4.78 is 0. The Morgan fingerprint density at radius 3 is 2.50 bits per heavy atom. The zero-order valence-corrected chi connectivity index (χ0v) is 15.6. The number of benzene rings is 2. The number of hydrogen-bond acceptors (Lipinski definition) is 4. The number of hydrogen-bond donors (Lipinski definition) is 2. The van der Waals surface area contributed by atoms with Crippen LogP contribution in [0.3, 0.4) is 0 Å². The van der Waals surface area contributed by atoms with Crippen LogP contribution < -0.4 is 0 Å². The molecule has 2 aromatic rings. The van der Waals surface area contributed by atoms with Crippen molar-refractivity contribution in [3.05, 3.63) is 70.8 Å². The molecular formula is C21H21NO3S. The van der Waals surface area contributed by atoms with Crippen LogP contribution in [0, 0.1) is 0 Å². The van der Waals surface area contributed by atoms with Gasteiger partial charge in [0.1, 0.15) is 5.71 Å². The number of rotatable bonds is 4. The zero-order chi connectivity index (χ0) is 18.7. The van der Waals surface area contributed by atoms with Crippen LogP contribution in [-0.2, 0) is 5.41 Å². The highest BCUT2D eigenvalue weighted by molar-refractivity contribution is 7.99. The van der Waals surface area contributed by atoms with E-state index in [9.17, 15) is 10.0 Å². The van der Waals surface area contributed by atoms with Crippen molar-refractivity contribution in [1.29, 1.82) is 0 Å². The summed E-state index contributed by atoms with van der Waals surface area (Å²) in [6.45, 7) is 4.48. The Balaban J connectivity index is 1.87. The number of carboxylic acid groups (broad SMARTS) is 1. The standard InChI is InChI=1S/C21H21NO3S/c1-21(2)11-12-26-19-10-8-16(13-17(19)21)18(22-25)9-5-14-3-6-15(7-4-14)20(23)24/h3-10,13,25H,11-12H2,1-2H3,(H,23,24)/b9-5+,22-18?. The molecule has 2 N–H and O–H groups in total. The third-order valence-corrected chi connectivity index (χ3v) is 5.76. The molecule has 26 heavy (non-hydrogen) atoms. The second-order valence-electron chi connectivity index (χ2n) is 6.94. The Morgan fingerprint density at radius 2 is 1.85 bits per heavy atom. The molecule has 2 aromatic carbocycles. The molecule has 134 valence electrons. The Morgan fingerprint density at radius 1 is 1.15 bits per heavy atom. The summed E-state index contributed by atoms with van der Waals surface area (Å²) >= 11 is 1.86. The van der Waals surface area contributed by atoms with Crippen LogP contribution in [0.2, 0.25) is 0 Å². The largest absolute Gasteiger partial charge is 0.478 e. The average molecular weight is 367 g/mol. The number of aromatic carboxylic acids is 1. The molecule has 0 saturated carbocycles. The van der Waals surface area contributed by atoms with Crippen molar-refractivity contribution in [2.75, 3.05) is 5.75 Å². The highest BCUT2D eigenvalue weighted by atomic mass is 32.2. The van der Waals surface area contributed by atoms with E-state index >= 15 is 0 Å². The molecule has 1 aliphatic heterocycles. The van der Waals surface area contributed by atoms with Gasteiger partial charge in [-0.2, -0.15) is 0 Å². The van der Waals surface area contributed by atoms with Gasteiger partial charge in [0.15, 0.2) is 0 Å². The number of allylic oxidation sites excluding steroid dienone is 1. The third kappa shape index (κ3) is 3.83. The van der Waals surface area contributed by atoms with Crippen LogP contribution >= 0.6 is 11.8 Å². The molecule has 0 amide bonds. The van der Waals surface area contributed by atoms with Crippen molar-refractivity contribution in [2.24, 2.45) is 5.16 Å². The van der Waals surface area contributed by atoms with Crippen molar-refractivity contribution in [3.8, 4) is 0 Å². The first-order chi connectivity index (χ1) is 12.4. The quantitative estimate of drug-likeness (QED) is 0.451. The SMILES string of the molecule is CC1(C)CCSc2ccc(C(/C=C/c3ccc(C(=O)O)cc3)=NO)cc21. The third-order valence-electron chi connectivity index (χ3n) is 4.69. The second-order valence-corrected chi connectivity index (χ2v) is 8.08. The smallest absolute Gasteiger partial charge is 0.335 e. The molecule has 0 aliphatic carbocycles. The Bertz CT molecular complexity index is 883. The number of carboxylic acids is 1. The summed E-state index contributed by atoms with van der Waals surface area (Å²) in [4.78, 5) is 12.2. The lowest BCUT2D eigenvalue weighted by Crippen LogP contribution is -2.23. The van der Waals surface area contributed by atoms with Crippen molar-refractivity contribution in [2.45, 2.75) is 30.6 Å². The second kappa shape index (κ2) is 7.38. The minimum Gasteiger partial charge on any atom is -0.478 e. The number of oxime groups is 1. The first-order valence-electron chi connectivity index (χ1n) is 8.42. The van der Waals surface area contributed by atoms with E-state index in [1.807, 2.05) is 17.8 Å². The van der Waals surface area contributed by atoms with Gasteiger partial charge in [0, 0.05) is 10.5 Å². The van der Waals surface area contributed by atoms with Crippen LogP contribution in [0.15, 0.2) is 58.6 Å². The molecule has 0 saturated heterocycles. The predicted molar refractivity (Wildman–Crippen MR) is 106 cm³/mol. The lowest BCUT2D eigenvalue weighted by Gasteiger charge is -2.32. The summed E-state index contributed by atoms with van der Waals surface area (Å²) in [7, 11) is 0. The van der Waals surface area contributed by atoms with Crippen LogP contribution in [0.25, 0.3) is 6.08 Å². The van der Waals surface area contributed by atoms with Gasteiger partial charge in [0.05, 0.1) is 5.56 Å². The van der Waals surface area contributed by atoms with Gasteiger partial charge in [0.25, 0.3) is 0 Å². The van der Waals surface area contributed by atoms with Crippen LogP contribution in [-0.4, -0.2) is 27.7 Å². The first kappa shape index (κ1) is 18.3. The molecule has 4 nitrogen and oxygen atoms in total. The van der Waals surface area contributed by atoms with Gasteiger partial charge in [-0.05, 0) is 59.1 Å². The van der Waals surface area contributed by atoms with Crippen molar-refractivity contribution >= 4 is 29.5 Å². The predicted octanol–water partition coefficient (Wildman–Crippen LogP) is 5.05. The van der Waals surface area contributed by atoms with Crippen molar-refractivity contribution < 1.29 is 15.1 Å². The first-order valence-corrected chi connectivity index (χ1v) is 9.40. The normalized spacial score (nSPS) is 16.5. The van der Waals surface area contributed by atoms with E-state index in [-0.39, 0.29) is 11.0 Å². The zero-order valence-electron chi connectivity index (χ0n) is 14.8. The minimum atomic E-state index is -0.951. The monoisotopic (exact) mass is 367 g/mol. The Kier molecular flexibility index (Phi) is 5.18. The minimum absolute atomic E-state index is 0.105. The molecular weight excluding hydrogens is 346 g/mol. The molecule has 0 radical (unpaired) electrons. The number of carbonyl (C=O) groups is 1. The molecule has 5 heteroatoms. The van der Waals surface area contributed by atoms with E-state index in [1.165, 1.54) is 10.5 Å². The molecule has 0 spiro atoms. The van der Waals surface area contributed by atoms with Gasteiger partial charge >= 0.3 is 5.97 Å². The Hall–Kier alpha value is -2.53. The van der Waals surface area contributed by atoms with E-state index in [0.29, 0.717) is 5.71 Å². The number of fused-ring (bicyclic) bond motifs is 1. The van der Waals surface area contributed by atoms with E-state index in [2.05, 4.69) is 31.1 Å². The molecule has 0 bridgehead atoms. The lowest BCUT2D eigenvalue weighted by atomic mass is 9.81. The van der Waals surface area contributed by atoms with Gasteiger partial charge in [-0.3, -0.25) is 0 Å². The van der Waals surface area contributed by atoms with Gasteiger partial charge in [-0.15, -0.1) is 11.8 Å². The van der Waals surface area contributed by atoms with Crippen LogP contribution in [0.1, 0.15) is 47.3 Å². The number of nitrogens with zero attached hydrogens (tertiary/aromatic N) is 1. The number of thioether (sulfide) groups is 1. The fraction of sp³-hybridized carbons (Fsp3) is 0.238. The van der Waals surface area contributed by atoms with E-state index in [1.54, 1.807) is 36.4 Å². The summed E-state index contributed by atoms with van der Waals surface area (Å²) in [5.41, 5.74) is 3.80. The van der Waals surface area contributed by atoms with E-state index < -0.39 is 5.97 Å². The maximum atomic E-state index is 10.9. The fourth-order valence-electron chi connectivity index (χ4n) is 2.99. The molecule has 1 heterocycles. The molecule has 0 aromatic heterocycles. The molecule has 0 atom stereocenters. The van der Waals surface area contributed by atoms with Gasteiger partial charge in [-0.25, -0.2) is 4.79 Å². The molecule has 3 rings (SSSR count). The van der Waals surface area contributed by atoms with E-state index in [4.69, 9.17) is 5.11 Å². The van der Waals surface area contributed by atoms with Gasteiger partial charge in [-0.1, -0.05) is 43.3 Å². The summed E-state index contributed by atoms with van der Waals surface area (Å²) in [6, 6.07) is 12.7. The summed E-state index contributed by atoms with van der Waals surface area (Å²) in [6.07, 6.45) is 4.66. The molecule has 1 aliphatic rings. The highest BCUT2D eigenvalue weighted by Crippen LogP contribution is 2.41. The van der Waals surface area contributed by atoms with E-state index in [0.717, 1.165) is 23.3 Å². The maximum absolute atomic E-state index is 10.9. The summed E-state index contributed by atoms with van der Waals surface area (Å²) in [5.74, 6) is 0.166. The van der Waals surface area contributed by atoms with Crippen molar-refractivity contribution in [3.63, 3.8) is 0 Å². The van der Waals surface area contributed by atoms with Gasteiger partial charge in [0.2, 0.25) is 0 Å². The molecule has 0 unspecified atom stereocenters. The lowest BCUT2D eigenvalue weighted by molar-refractivity contribution is 0.0697. The van der Waals surface area contributed by atoms with Gasteiger partial charge < -0.3 is 10.3 Å². The van der Waals surface area contributed by atoms with Crippen LogP contribution in [0.5, 0.6) is 0 Å². The topological polar surface area (TPSA) is 69.9 Å². The highest BCUT2D eigenvalue weighted by Gasteiger charge is 2.28. The van der Waals surface area contributed by atoms with Crippen LogP contribution in [0.4, 0.5) is 0 Å². The fourth-order valence-corrected chi connectivity index (χ4v) is 4.48. The average Bonchev–Trinajstić information content (AvgIpc) is 2.63. The maximum Gasteiger partial charge on any atom is 0.335 e. The Labute approximate surface area is 157 Å². The van der Waals surface area contributed by atoms with Crippen molar-refractivity contribution in [1.82, 2.24) is 0 Å². The molecule has 0 fully saturated rings. The summed E-state index contributed by atoms with van der Waals surface area (Å²) in [5, 5.41) is 21.9.